The second kappa shape index (κ2) is 6.55. The van der Waals surface area contributed by atoms with Crippen LogP contribution in [0.15, 0.2) is 30.3 Å². The zero-order chi connectivity index (χ0) is 17.3. The minimum absolute atomic E-state index is 0.0679. The summed E-state index contributed by atoms with van der Waals surface area (Å²) >= 11 is 6.49. The van der Waals surface area contributed by atoms with Gasteiger partial charge in [0, 0.05) is 19.0 Å². The van der Waals surface area contributed by atoms with Gasteiger partial charge in [0.15, 0.2) is 0 Å². The summed E-state index contributed by atoms with van der Waals surface area (Å²) in [7, 11) is 0. The van der Waals surface area contributed by atoms with Crippen molar-refractivity contribution >= 4 is 29.3 Å². The lowest BCUT2D eigenvalue weighted by Gasteiger charge is -2.48. The number of ketones is 1. The average Bonchev–Trinajstić information content (AvgIpc) is 2.59. The van der Waals surface area contributed by atoms with Gasteiger partial charge in [-0.25, -0.2) is 4.79 Å². The van der Waals surface area contributed by atoms with Crippen molar-refractivity contribution in [1.29, 1.82) is 0 Å². The van der Waals surface area contributed by atoms with E-state index in [0.29, 0.717) is 25.8 Å². The first-order valence-corrected chi connectivity index (χ1v) is 8.60. The lowest BCUT2D eigenvalue weighted by atomic mass is 9.71. The van der Waals surface area contributed by atoms with Crippen molar-refractivity contribution in [1.82, 2.24) is 4.90 Å². The van der Waals surface area contributed by atoms with Crippen LogP contribution in [0.3, 0.4) is 0 Å². The van der Waals surface area contributed by atoms with E-state index in [1.165, 1.54) is 0 Å². The highest BCUT2D eigenvalue weighted by Gasteiger charge is 2.62. The molecular formula is C18H20ClNO4. The number of piperidine rings is 1. The van der Waals surface area contributed by atoms with E-state index in [1.807, 2.05) is 30.3 Å². The highest BCUT2D eigenvalue weighted by atomic mass is 35.5. The number of amides is 1. The molecule has 1 saturated heterocycles. The Morgan fingerprint density at radius 1 is 1.33 bits per heavy atom. The van der Waals surface area contributed by atoms with Crippen LogP contribution < -0.4 is 0 Å². The van der Waals surface area contributed by atoms with E-state index in [9.17, 15) is 14.4 Å². The molecule has 0 radical (unpaired) electrons. The van der Waals surface area contributed by atoms with Crippen LogP contribution in [0.2, 0.25) is 0 Å². The quantitative estimate of drug-likeness (QED) is 0.475. The monoisotopic (exact) mass is 349 g/mol. The largest absolute Gasteiger partial charge is 0.464 e. The lowest BCUT2D eigenvalue weighted by molar-refractivity contribution is -0.166. The Labute approximate surface area is 145 Å². The van der Waals surface area contributed by atoms with Gasteiger partial charge >= 0.3 is 5.97 Å². The second-order valence-electron chi connectivity index (χ2n) is 6.30. The minimum Gasteiger partial charge on any atom is -0.464 e. The van der Waals surface area contributed by atoms with E-state index in [1.54, 1.807) is 11.8 Å². The van der Waals surface area contributed by atoms with Crippen LogP contribution in [0.1, 0.15) is 31.7 Å². The summed E-state index contributed by atoms with van der Waals surface area (Å²) in [6, 6.07) is 9.48. The maximum atomic E-state index is 13.1. The van der Waals surface area contributed by atoms with Gasteiger partial charge in [-0.2, -0.15) is 0 Å². The Bertz CT molecular complexity index is 662. The highest BCUT2D eigenvalue weighted by molar-refractivity contribution is 6.47. The molecule has 2 aliphatic rings. The van der Waals surface area contributed by atoms with Crippen molar-refractivity contribution in [3.05, 3.63) is 35.9 Å². The SMILES string of the molecule is CCOC(=O)[C@@]1(Cl)C(=O)N(Cc2ccccc2)[C@@H]2CCC(=O)[C@H]1C2. The molecule has 0 unspecified atom stereocenters. The van der Waals surface area contributed by atoms with E-state index in [4.69, 9.17) is 16.3 Å². The van der Waals surface area contributed by atoms with Crippen LogP contribution >= 0.6 is 11.6 Å². The van der Waals surface area contributed by atoms with Crippen LogP contribution in [0.5, 0.6) is 0 Å². The Morgan fingerprint density at radius 3 is 2.71 bits per heavy atom. The van der Waals surface area contributed by atoms with E-state index >= 15 is 0 Å². The Balaban J connectivity index is 1.95. The number of fused-ring (bicyclic) bond motifs is 2. The summed E-state index contributed by atoms with van der Waals surface area (Å²) in [4.78, 5) is 37.5. The minimum atomic E-state index is -1.93. The number of nitrogens with zero attached hydrogens (tertiary/aromatic N) is 1. The first kappa shape index (κ1) is 17.0. The van der Waals surface area contributed by atoms with Gasteiger partial charge in [-0.15, -0.1) is 0 Å². The van der Waals surface area contributed by atoms with Gasteiger partial charge in [-0.05, 0) is 25.3 Å². The number of hydrogen-bond acceptors (Lipinski definition) is 4. The van der Waals surface area contributed by atoms with Gasteiger partial charge in [0.05, 0.1) is 12.5 Å². The first-order chi connectivity index (χ1) is 11.5. The molecule has 0 N–H and O–H groups in total. The number of halogens is 1. The molecule has 2 fully saturated rings. The molecule has 1 saturated carbocycles. The number of esters is 1. The molecule has 1 aliphatic heterocycles. The predicted octanol–water partition coefficient (Wildman–Crippen LogP) is 2.31. The smallest absolute Gasteiger partial charge is 0.337 e. The standard InChI is InChI=1S/C18H20ClNO4/c1-2-24-17(23)18(19)14-10-13(8-9-15(14)21)20(16(18)22)11-12-6-4-3-5-7-12/h3-7,13-14H,2,8-11H2,1H3/t13-,14-,18+/m1/s1. The van der Waals surface area contributed by atoms with E-state index in [2.05, 4.69) is 0 Å². The molecule has 24 heavy (non-hydrogen) atoms. The molecule has 1 aromatic carbocycles. The van der Waals surface area contributed by atoms with Crippen molar-refractivity contribution in [2.75, 3.05) is 6.61 Å². The molecule has 1 aromatic rings. The third-order valence-corrected chi connectivity index (χ3v) is 5.46. The Kier molecular flexibility index (Phi) is 4.63. The normalized spacial score (nSPS) is 29.5. The van der Waals surface area contributed by atoms with Crippen LogP contribution in [0, 0.1) is 5.92 Å². The Morgan fingerprint density at radius 2 is 2.04 bits per heavy atom. The summed E-state index contributed by atoms with van der Waals surface area (Å²) < 4.78 is 5.02. The fraction of sp³-hybridized carbons (Fsp3) is 0.500. The summed E-state index contributed by atoms with van der Waals surface area (Å²) in [6.07, 6.45) is 1.37. The molecule has 128 valence electrons. The van der Waals surface area contributed by atoms with Crippen LogP contribution in [0.25, 0.3) is 0 Å². The van der Waals surface area contributed by atoms with Gasteiger partial charge in [0.2, 0.25) is 4.87 Å². The fourth-order valence-corrected chi connectivity index (χ4v) is 4.02. The molecular weight excluding hydrogens is 330 g/mol. The van der Waals surface area contributed by atoms with Gasteiger partial charge in [0.25, 0.3) is 5.91 Å². The van der Waals surface area contributed by atoms with Crippen molar-refractivity contribution in [3.8, 4) is 0 Å². The number of ether oxygens (including phenoxy) is 1. The molecule has 5 nitrogen and oxygen atoms in total. The molecule has 1 aliphatic carbocycles. The molecule has 3 rings (SSSR count). The zero-order valence-electron chi connectivity index (χ0n) is 13.5. The van der Waals surface area contributed by atoms with Gasteiger partial charge < -0.3 is 9.64 Å². The number of hydrogen-bond donors (Lipinski definition) is 0. The maximum absolute atomic E-state index is 13.1. The van der Waals surface area contributed by atoms with E-state index < -0.39 is 22.7 Å². The summed E-state index contributed by atoms with van der Waals surface area (Å²) in [5, 5.41) is 0. The fourth-order valence-electron chi connectivity index (χ4n) is 3.64. The molecule has 1 heterocycles. The van der Waals surface area contributed by atoms with Crippen molar-refractivity contribution in [2.45, 2.75) is 43.6 Å². The summed E-state index contributed by atoms with van der Waals surface area (Å²) in [6.45, 7) is 2.14. The lowest BCUT2D eigenvalue weighted by Crippen LogP contribution is -2.66. The van der Waals surface area contributed by atoms with Crippen LogP contribution in [0.4, 0.5) is 0 Å². The van der Waals surface area contributed by atoms with E-state index in [-0.39, 0.29) is 18.4 Å². The van der Waals surface area contributed by atoms with Crippen molar-refractivity contribution in [3.63, 3.8) is 0 Å². The maximum Gasteiger partial charge on any atom is 0.337 e. The number of likely N-dealkylation sites (tertiary alicyclic amines) is 1. The zero-order valence-corrected chi connectivity index (χ0v) is 14.3. The van der Waals surface area contributed by atoms with Crippen molar-refractivity contribution < 1.29 is 19.1 Å². The summed E-state index contributed by atoms with van der Waals surface area (Å²) in [5.74, 6) is -2.24. The van der Waals surface area contributed by atoms with Crippen molar-refractivity contribution in [2.24, 2.45) is 5.92 Å². The van der Waals surface area contributed by atoms with Crippen LogP contribution in [-0.4, -0.2) is 40.1 Å². The van der Waals surface area contributed by atoms with Gasteiger partial charge in [0.1, 0.15) is 5.78 Å². The summed E-state index contributed by atoms with van der Waals surface area (Å²) in [5.41, 5.74) is 0.962. The highest BCUT2D eigenvalue weighted by Crippen LogP contribution is 2.44. The topological polar surface area (TPSA) is 63.7 Å². The molecule has 3 atom stereocenters. The van der Waals surface area contributed by atoms with E-state index in [0.717, 1.165) is 5.56 Å². The third kappa shape index (κ3) is 2.71. The second-order valence-corrected chi connectivity index (χ2v) is 6.89. The number of Topliss-reactive ketones (excluding diaryl/α,β-unsaturated/α-hetero) is 1. The number of alkyl halides is 1. The first-order valence-electron chi connectivity index (χ1n) is 8.22. The third-order valence-electron chi connectivity index (χ3n) is 4.88. The average molecular weight is 350 g/mol. The molecule has 0 spiro atoms. The number of benzene rings is 1. The predicted molar refractivity (Wildman–Crippen MR) is 88.3 cm³/mol. The molecule has 0 aromatic heterocycles. The number of carbonyl (C=O) groups is 3. The van der Waals surface area contributed by atoms with Gasteiger partial charge in [-0.1, -0.05) is 41.9 Å². The van der Waals surface area contributed by atoms with Crippen LogP contribution in [-0.2, 0) is 25.7 Å². The number of carbonyl (C=O) groups excluding carboxylic acids is 3. The number of rotatable bonds is 4. The van der Waals surface area contributed by atoms with Gasteiger partial charge in [-0.3, -0.25) is 9.59 Å². The molecule has 6 heteroatoms. The molecule has 1 amide bonds. The Hall–Kier alpha value is -1.88. The molecule has 2 bridgehead atoms.